The maximum absolute atomic E-state index is 12.1. The van der Waals surface area contributed by atoms with Gasteiger partial charge >= 0.3 is 5.97 Å². The summed E-state index contributed by atoms with van der Waals surface area (Å²) < 4.78 is 5.97. The highest BCUT2D eigenvalue weighted by molar-refractivity contribution is 8.22. The molecule has 16 heavy (non-hydrogen) atoms. The van der Waals surface area contributed by atoms with Crippen molar-refractivity contribution in [1.29, 1.82) is 0 Å². The fraction of sp³-hybridized carbons (Fsp3) is 0.833. The number of hydrogen-bond acceptors (Lipinski definition) is 4. The van der Waals surface area contributed by atoms with E-state index in [9.17, 15) is 4.79 Å². The normalized spacial score (nSPS) is 11.2. The van der Waals surface area contributed by atoms with Crippen LogP contribution in [-0.4, -0.2) is 23.0 Å². The number of carbonyl (C=O) groups is 1. The van der Waals surface area contributed by atoms with Gasteiger partial charge in [-0.1, -0.05) is 38.9 Å². The number of carbonyl (C=O) groups excluding carboxylic acids is 1. The quantitative estimate of drug-likeness (QED) is 0.514. The molecule has 0 heterocycles. The molecule has 0 aliphatic heterocycles. The Morgan fingerprint density at radius 3 is 2.06 bits per heavy atom. The lowest BCUT2D eigenvalue weighted by Gasteiger charge is -2.30. The molecular weight excluding hydrogens is 240 g/mol. The van der Waals surface area contributed by atoms with Crippen LogP contribution in [0.2, 0.25) is 0 Å². The molecule has 4 heteroatoms. The van der Waals surface area contributed by atoms with E-state index >= 15 is 0 Å². The van der Waals surface area contributed by atoms with Crippen LogP contribution in [0.5, 0.6) is 0 Å². The van der Waals surface area contributed by atoms with E-state index in [1.165, 1.54) is 11.8 Å². The second-order valence-electron chi connectivity index (χ2n) is 3.79. The van der Waals surface area contributed by atoms with E-state index in [1.54, 1.807) is 0 Å². The fourth-order valence-electron chi connectivity index (χ4n) is 1.93. The van der Waals surface area contributed by atoms with Crippen LogP contribution in [0.3, 0.4) is 0 Å². The van der Waals surface area contributed by atoms with Gasteiger partial charge in [0.25, 0.3) is 0 Å². The minimum Gasteiger partial charge on any atom is -0.465 e. The highest BCUT2D eigenvalue weighted by Gasteiger charge is 2.41. The molecule has 0 aromatic carbocycles. The Morgan fingerprint density at radius 1 is 1.25 bits per heavy atom. The Labute approximate surface area is 109 Å². The smallest absolute Gasteiger partial charge is 0.317 e. The second kappa shape index (κ2) is 8.07. The van der Waals surface area contributed by atoms with Gasteiger partial charge in [0.05, 0.1) is 10.8 Å². The largest absolute Gasteiger partial charge is 0.465 e. The molecule has 0 saturated carbocycles. The second-order valence-corrected chi connectivity index (χ2v) is 5.28. The van der Waals surface area contributed by atoms with Crippen molar-refractivity contribution in [1.82, 2.24) is 0 Å². The Bertz CT molecular complexity index is 233. The predicted molar refractivity (Wildman–Crippen MR) is 75.0 cm³/mol. The topological polar surface area (TPSA) is 26.3 Å². The van der Waals surface area contributed by atoms with Gasteiger partial charge < -0.3 is 4.74 Å². The van der Waals surface area contributed by atoms with Crippen molar-refractivity contribution in [2.24, 2.45) is 5.41 Å². The van der Waals surface area contributed by atoms with Crippen molar-refractivity contribution in [2.45, 2.75) is 46.5 Å². The number of thiocarbonyl (C=S) groups is 1. The number of hydrogen-bond donors (Lipinski definition) is 0. The van der Waals surface area contributed by atoms with Crippen LogP contribution in [0.25, 0.3) is 0 Å². The summed E-state index contributed by atoms with van der Waals surface area (Å²) in [4.78, 5) is 12.1. The Kier molecular flexibility index (Phi) is 8.02. The van der Waals surface area contributed by atoms with Crippen molar-refractivity contribution in [3.8, 4) is 0 Å². The SMILES string of the molecule is CCCC(CCC)(C(=O)OCC)C(=S)SC. The van der Waals surface area contributed by atoms with Crippen molar-refractivity contribution in [2.75, 3.05) is 12.9 Å². The highest BCUT2D eigenvalue weighted by atomic mass is 32.2. The van der Waals surface area contributed by atoms with Crippen LogP contribution >= 0.6 is 24.0 Å². The van der Waals surface area contributed by atoms with Crippen molar-refractivity contribution in [3.05, 3.63) is 0 Å². The minimum atomic E-state index is -0.547. The average Bonchev–Trinajstić information content (AvgIpc) is 2.27. The third kappa shape index (κ3) is 3.74. The monoisotopic (exact) mass is 262 g/mol. The summed E-state index contributed by atoms with van der Waals surface area (Å²) in [6.45, 7) is 6.41. The third-order valence-corrected chi connectivity index (χ3v) is 4.25. The van der Waals surface area contributed by atoms with E-state index in [1.807, 2.05) is 13.2 Å². The maximum Gasteiger partial charge on any atom is 0.317 e. The lowest BCUT2D eigenvalue weighted by molar-refractivity contribution is -0.151. The minimum absolute atomic E-state index is 0.141. The van der Waals surface area contributed by atoms with Gasteiger partial charge in [-0.05, 0) is 26.0 Å². The molecule has 0 bridgehead atoms. The summed E-state index contributed by atoms with van der Waals surface area (Å²) in [6, 6.07) is 0. The molecule has 0 N–H and O–H groups in total. The molecule has 94 valence electrons. The van der Waals surface area contributed by atoms with Gasteiger partial charge in [-0.2, -0.15) is 0 Å². The molecule has 0 atom stereocenters. The molecule has 2 nitrogen and oxygen atoms in total. The van der Waals surface area contributed by atoms with Gasteiger partial charge in [0.2, 0.25) is 0 Å². The van der Waals surface area contributed by atoms with E-state index in [4.69, 9.17) is 17.0 Å². The molecule has 0 spiro atoms. The van der Waals surface area contributed by atoms with E-state index < -0.39 is 5.41 Å². The van der Waals surface area contributed by atoms with Gasteiger partial charge in [0, 0.05) is 0 Å². The molecule has 0 aromatic heterocycles. The van der Waals surface area contributed by atoms with Crippen molar-refractivity contribution in [3.63, 3.8) is 0 Å². The third-order valence-electron chi connectivity index (χ3n) is 2.60. The Hall–Kier alpha value is -0.0900. The van der Waals surface area contributed by atoms with Crippen LogP contribution < -0.4 is 0 Å². The molecule has 0 aliphatic rings. The first-order valence-electron chi connectivity index (χ1n) is 5.84. The zero-order valence-corrected chi connectivity index (χ0v) is 12.3. The van der Waals surface area contributed by atoms with Crippen LogP contribution in [0.15, 0.2) is 0 Å². The summed E-state index contributed by atoms with van der Waals surface area (Å²) in [7, 11) is 0. The first-order valence-corrected chi connectivity index (χ1v) is 7.47. The maximum atomic E-state index is 12.1. The van der Waals surface area contributed by atoms with Gasteiger partial charge in [-0.3, -0.25) is 4.79 Å². The van der Waals surface area contributed by atoms with Crippen LogP contribution in [-0.2, 0) is 9.53 Å². The molecule has 0 fully saturated rings. The summed E-state index contributed by atoms with van der Waals surface area (Å²) >= 11 is 6.87. The molecule has 0 unspecified atom stereocenters. The lowest BCUT2D eigenvalue weighted by atomic mass is 9.81. The molecule has 0 aliphatic carbocycles. The van der Waals surface area contributed by atoms with Gasteiger partial charge in [0.1, 0.15) is 5.41 Å². The number of rotatable bonds is 7. The fourth-order valence-corrected chi connectivity index (χ4v) is 2.90. The molecule has 0 aromatic rings. The summed E-state index contributed by atoms with van der Waals surface area (Å²) in [6.07, 6.45) is 5.40. The van der Waals surface area contributed by atoms with E-state index in [-0.39, 0.29) is 5.97 Å². The summed E-state index contributed by atoms with van der Waals surface area (Å²) in [5.74, 6) is -0.141. The zero-order valence-electron chi connectivity index (χ0n) is 10.7. The van der Waals surface area contributed by atoms with Gasteiger partial charge in [-0.15, -0.1) is 11.8 Å². The molecule has 0 amide bonds. The average molecular weight is 262 g/mol. The lowest BCUT2D eigenvalue weighted by Crippen LogP contribution is -2.38. The number of thioether (sulfide) groups is 1. The highest BCUT2D eigenvalue weighted by Crippen LogP contribution is 2.37. The summed E-state index contributed by atoms with van der Waals surface area (Å²) in [5.41, 5.74) is -0.547. The Morgan fingerprint density at radius 2 is 1.75 bits per heavy atom. The zero-order chi connectivity index (χ0) is 12.6. The van der Waals surface area contributed by atoms with Crippen LogP contribution in [0, 0.1) is 5.41 Å². The molecular formula is C12H22O2S2. The Balaban J connectivity index is 5.06. The van der Waals surface area contributed by atoms with Crippen molar-refractivity contribution < 1.29 is 9.53 Å². The number of esters is 1. The first kappa shape index (κ1) is 15.9. The van der Waals surface area contributed by atoms with Gasteiger partial charge in [0.15, 0.2) is 0 Å². The predicted octanol–water partition coefficient (Wildman–Crippen LogP) is 3.83. The molecule has 0 saturated heterocycles. The van der Waals surface area contributed by atoms with Crippen molar-refractivity contribution >= 4 is 34.1 Å². The number of ether oxygens (including phenoxy) is 1. The summed E-state index contributed by atoms with van der Waals surface area (Å²) in [5, 5.41) is 0. The van der Waals surface area contributed by atoms with E-state index in [0.717, 1.165) is 29.9 Å². The first-order chi connectivity index (χ1) is 7.58. The van der Waals surface area contributed by atoms with E-state index in [0.29, 0.717) is 6.61 Å². The van der Waals surface area contributed by atoms with Crippen LogP contribution in [0.4, 0.5) is 0 Å². The standard InChI is InChI=1S/C12H22O2S2/c1-5-8-12(9-6-2,11(15)16-4)10(13)14-7-3/h5-9H2,1-4H3. The van der Waals surface area contributed by atoms with Gasteiger partial charge in [-0.25, -0.2) is 0 Å². The molecule has 0 rings (SSSR count). The van der Waals surface area contributed by atoms with E-state index in [2.05, 4.69) is 13.8 Å². The molecule has 0 radical (unpaired) electrons. The van der Waals surface area contributed by atoms with Crippen LogP contribution in [0.1, 0.15) is 46.5 Å².